The van der Waals surface area contributed by atoms with Crippen LogP contribution in [0.5, 0.6) is 5.75 Å². The normalized spacial score (nSPS) is 10.5. The fraction of sp³-hybridized carbons (Fsp3) is 0.143. The molecule has 5 heteroatoms. The third-order valence-corrected chi connectivity index (χ3v) is 4.31. The minimum atomic E-state index is -0.275. The molecule has 0 amide bonds. The molecule has 2 aromatic rings. The lowest BCUT2D eigenvalue weighted by Gasteiger charge is -2.10. The maximum Gasteiger partial charge on any atom is 0.134 e. The van der Waals surface area contributed by atoms with Gasteiger partial charge in [-0.3, -0.25) is 0 Å². The summed E-state index contributed by atoms with van der Waals surface area (Å²) in [5.74, 6) is 0.426. The molecule has 0 aliphatic rings. The molecule has 0 N–H and O–H groups in total. The van der Waals surface area contributed by atoms with E-state index >= 15 is 0 Å². The van der Waals surface area contributed by atoms with Crippen molar-refractivity contribution in [3.8, 4) is 5.75 Å². The Hall–Kier alpha value is -0.390. The van der Waals surface area contributed by atoms with Crippen LogP contribution in [0.25, 0.3) is 0 Å². The molecule has 0 aliphatic carbocycles. The van der Waals surface area contributed by atoms with Crippen LogP contribution >= 0.6 is 47.8 Å². The lowest BCUT2D eigenvalue weighted by molar-refractivity contribution is 0.298. The van der Waals surface area contributed by atoms with E-state index in [1.54, 1.807) is 12.1 Å². The number of benzene rings is 2. The van der Waals surface area contributed by atoms with Gasteiger partial charge >= 0.3 is 0 Å². The predicted molar refractivity (Wildman–Crippen MR) is 85.2 cm³/mol. The molecule has 0 spiro atoms. The van der Waals surface area contributed by atoms with Crippen molar-refractivity contribution < 1.29 is 9.13 Å². The molecular formula is C14H10Br3FO. The average Bonchev–Trinajstić information content (AvgIpc) is 2.39. The van der Waals surface area contributed by atoms with Gasteiger partial charge in [0.25, 0.3) is 0 Å². The molecule has 2 rings (SSSR count). The standard InChI is InChI=1S/C14H10Br3FO/c15-7-9-1-4-14(12(17)5-9)19-8-10-2-3-11(16)6-13(10)18/h1-6H,7-8H2. The van der Waals surface area contributed by atoms with Gasteiger partial charge in [-0.1, -0.05) is 44.0 Å². The van der Waals surface area contributed by atoms with Gasteiger partial charge in [0, 0.05) is 15.4 Å². The fourth-order valence-electron chi connectivity index (χ4n) is 1.54. The monoisotopic (exact) mass is 450 g/mol. The van der Waals surface area contributed by atoms with Crippen molar-refractivity contribution in [2.45, 2.75) is 11.9 Å². The molecule has 1 nitrogen and oxygen atoms in total. The van der Waals surface area contributed by atoms with E-state index in [1.165, 1.54) is 6.07 Å². The number of hydrogen-bond acceptors (Lipinski definition) is 1. The number of halogens is 4. The van der Waals surface area contributed by atoms with E-state index in [4.69, 9.17) is 4.74 Å². The Bertz CT molecular complexity index is 587. The van der Waals surface area contributed by atoms with Gasteiger partial charge < -0.3 is 4.74 Å². The molecule has 100 valence electrons. The Morgan fingerprint density at radius 2 is 1.84 bits per heavy atom. The average molecular weight is 453 g/mol. The first-order chi connectivity index (χ1) is 9.10. The van der Waals surface area contributed by atoms with Crippen molar-refractivity contribution in [2.75, 3.05) is 0 Å². The molecule has 0 unspecified atom stereocenters. The third kappa shape index (κ3) is 4.04. The highest BCUT2D eigenvalue weighted by Gasteiger charge is 2.06. The number of alkyl halides is 1. The van der Waals surface area contributed by atoms with E-state index in [2.05, 4.69) is 47.8 Å². The van der Waals surface area contributed by atoms with Crippen LogP contribution < -0.4 is 4.74 Å². The summed E-state index contributed by atoms with van der Waals surface area (Å²) in [5.41, 5.74) is 1.67. The van der Waals surface area contributed by atoms with Crippen LogP contribution in [0.3, 0.4) is 0 Å². The molecule has 0 atom stereocenters. The van der Waals surface area contributed by atoms with Gasteiger partial charge in [-0.25, -0.2) is 4.39 Å². The summed E-state index contributed by atoms with van der Waals surface area (Å²) in [5, 5.41) is 0.785. The maximum atomic E-state index is 13.6. The molecule has 2 aromatic carbocycles. The Balaban J connectivity index is 2.10. The van der Waals surface area contributed by atoms with Gasteiger partial charge in [-0.05, 0) is 45.8 Å². The van der Waals surface area contributed by atoms with Crippen molar-refractivity contribution in [3.63, 3.8) is 0 Å². The van der Waals surface area contributed by atoms with Crippen LogP contribution in [0, 0.1) is 5.82 Å². The lowest BCUT2D eigenvalue weighted by Crippen LogP contribution is -1.99. The first-order valence-electron chi connectivity index (χ1n) is 5.51. The molecule has 19 heavy (non-hydrogen) atoms. The first-order valence-corrected chi connectivity index (χ1v) is 8.22. The summed E-state index contributed by atoms with van der Waals surface area (Å²) < 4.78 is 20.9. The van der Waals surface area contributed by atoms with Gasteiger partial charge in [0.15, 0.2) is 0 Å². The van der Waals surface area contributed by atoms with E-state index in [0.717, 1.165) is 19.8 Å². The van der Waals surface area contributed by atoms with Gasteiger partial charge in [0.1, 0.15) is 18.2 Å². The minimum absolute atomic E-state index is 0.200. The Labute approximate surface area is 136 Å². The topological polar surface area (TPSA) is 9.23 Å². The molecule has 0 aliphatic heterocycles. The van der Waals surface area contributed by atoms with E-state index in [-0.39, 0.29) is 12.4 Å². The van der Waals surface area contributed by atoms with Crippen LogP contribution in [-0.4, -0.2) is 0 Å². The van der Waals surface area contributed by atoms with Crippen molar-refractivity contribution >= 4 is 47.8 Å². The molecule has 0 saturated heterocycles. The molecule has 0 heterocycles. The smallest absolute Gasteiger partial charge is 0.134 e. The summed E-state index contributed by atoms with van der Waals surface area (Å²) in [6, 6.07) is 10.7. The zero-order valence-electron chi connectivity index (χ0n) is 9.80. The van der Waals surface area contributed by atoms with Crippen LogP contribution in [0.15, 0.2) is 45.3 Å². The quantitative estimate of drug-likeness (QED) is 0.531. The summed E-state index contributed by atoms with van der Waals surface area (Å²) in [7, 11) is 0. The van der Waals surface area contributed by atoms with Gasteiger partial charge in [-0.2, -0.15) is 0 Å². The second-order valence-electron chi connectivity index (χ2n) is 3.92. The second-order valence-corrected chi connectivity index (χ2v) is 6.25. The van der Waals surface area contributed by atoms with E-state index in [1.807, 2.05) is 18.2 Å². The molecule has 0 aromatic heterocycles. The van der Waals surface area contributed by atoms with Crippen LogP contribution in [0.4, 0.5) is 4.39 Å². The first kappa shape index (κ1) is 15.0. The zero-order chi connectivity index (χ0) is 13.8. The minimum Gasteiger partial charge on any atom is -0.488 e. The zero-order valence-corrected chi connectivity index (χ0v) is 14.6. The highest BCUT2D eigenvalue weighted by Crippen LogP contribution is 2.28. The van der Waals surface area contributed by atoms with Crippen LogP contribution in [-0.2, 0) is 11.9 Å². The molecule has 0 bridgehead atoms. The largest absolute Gasteiger partial charge is 0.488 e. The maximum absolute atomic E-state index is 13.6. The van der Waals surface area contributed by atoms with Crippen molar-refractivity contribution in [1.29, 1.82) is 0 Å². The van der Waals surface area contributed by atoms with Crippen LogP contribution in [0.1, 0.15) is 11.1 Å². The summed E-state index contributed by atoms with van der Waals surface area (Å²) >= 11 is 10.1. The molecule has 0 radical (unpaired) electrons. The predicted octanol–water partition coefficient (Wildman–Crippen LogP) is 5.82. The highest BCUT2D eigenvalue weighted by atomic mass is 79.9. The lowest BCUT2D eigenvalue weighted by atomic mass is 10.2. The van der Waals surface area contributed by atoms with Gasteiger partial charge in [-0.15, -0.1) is 0 Å². The molecular weight excluding hydrogens is 443 g/mol. The Kier molecular flexibility index (Phi) is 5.42. The van der Waals surface area contributed by atoms with E-state index < -0.39 is 0 Å². The molecule has 0 fully saturated rings. The SMILES string of the molecule is Fc1cc(Br)ccc1COc1ccc(CBr)cc1Br. The van der Waals surface area contributed by atoms with Crippen molar-refractivity contribution in [3.05, 3.63) is 62.3 Å². The number of rotatable bonds is 4. The number of ether oxygens (including phenoxy) is 1. The van der Waals surface area contributed by atoms with Gasteiger partial charge in [0.05, 0.1) is 4.47 Å². The van der Waals surface area contributed by atoms with E-state index in [9.17, 15) is 4.39 Å². The molecule has 0 saturated carbocycles. The summed E-state index contributed by atoms with van der Waals surface area (Å²) in [6.45, 7) is 0.200. The highest BCUT2D eigenvalue weighted by molar-refractivity contribution is 9.11. The Morgan fingerprint density at radius 1 is 1.05 bits per heavy atom. The Morgan fingerprint density at radius 3 is 2.47 bits per heavy atom. The second kappa shape index (κ2) is 6.86. The van der Waals surface area contributed by atoms with Crippen molar-refractivity contribution in [2.24, 2.45) is 0 Å². The summed E-state index contributed by atoms with van der Waals surface area (Å²) in [6.07, 6.45) is 0. The fourth-order valence-corrected chi connectivity index (χ4v) is 2.76. The van der Waals surface area contributed by atoms with Crippen LogP contribution in [0.2, 0.25) is 0 Å². The number of hydrogen-bond donors (Lipinski definition) is 0. The third-order valence-electron chi connectivity index (χ3n) is 2.55. The van der Waals surface area contributed by atoms with Crippen molar-refractivity contribution in [1.82, 2.24) is 0 Å². The van der Waals surface area contributed by atoms with Gasteiger partial charge in [0.2, 0.25) is 0 Å². The van der Waals surface area contributed by atoms with E-state index in [0.29, 0.717) is 11.3 Å². The summed E-state index contributed by atoms with van der Waals surface area (Å²) in [4.78, 5) is 0.